The van der Waals surface area contributed by atoms with E-state index in [9.17, 15) is 28.3 Å². The molecule has 0 aliphatic heterocycles. The first-order valence-corrected chi connectivity index (χ1v) is 12.9. The molecule has 2 aromatic heterocycles. The minimum atomic E-state index is -1.28. The number of aromatic carboxylic acids is 1. The van der Waals surface area contributed by atoms with Crippen molar-refractivity contribution in [3.05, 3.63) is 88.8 Å². The Morgan fingerprint density at radius 1 is 1.05 bits per heavy atom. The number of Topliss-reactive ketones (excluding diaryl/α,β-unsaturated/α-hetero) is 1. The predicted molar refractivity (Wildman–Crippen MR) is 144 cm³/mol. The number of carbonyl (C=O) groups is 3. The Morgan fingerprint density at radius 3 is 2.30 bits per heavy atom. The van der Waals surface area contributed by atoms with Crippen LogP contribution in [0.5, 0.6) is 0 Å². The van der Waals surface area contributed by atoms with Gasteiger partial charge >= 0.3 is 5.97 Å². The normalized spacial score (nSPS) is 13.8. The van der Waals surface area contributed by atoms with Crippen molar-refractivity contribution >= 4 is 28.6 Å². The van der Waals surface area contributed by atoms with Gasteiger partial charge in [0.25, 0.3) is 0 Å². The number of hydrogen-bond donors (Lipinski definition) is 2. The summed E-state index contributed by atoms with van der Waals surface area (Å²) in [6, 6.07) is 10.1. The van der Waals surface area contributed by atoms with Gasteiger partial charge in [-0.05, 0) is 36.6 Å². The number of rotatable bonds is 10. The first-order chi connectivity index (χ1) is 18.9. The lowest BCUT2D eigenvalue weighted by Gasteiger charge is -2.25. The number of nitrogens with zero attached hydrogens (tertiary/aromatic N) is 2. The molecule has 1 unspecified atom stereocenters. The number of halogens is 2. The van der Waals surface area contributed by atoms with Gasteiger partial charge in [-0.3, -0.25) is 9.59 Å². The molecule has 210 valence electrons. The predicted octanol–water partition coefficient (Wildman–Crippen LogP) is 5.50. The van der Waals surface area contributed by atoms with E-state index in [2.05, 4.69) is 10.3 Å². The largest absolute Gasteiger partial charge is 0.476 e. The molecule has 0 fully saturated rings. The molecule has 0 saturated heterocycles. The molecule has 0 aliphatic rings. The van der Waals surface area contributed by atoms with Crippen LogP contribution in [0, 0.1) is 30.4 Å². The number of oxazole rings is 1. The second-order valence-electron chi connectivity index (χ2n) is 10.3. The summed E-state index contributed by atoms with van der Waals surface area (Å²) in [5.74, 6) is -7.28. The van der Waals surface area contributed by atoms with Gasteiger partial charge in [0.1, 0.15) is 23.4 Å². The molecule has 40 heavy (non-hydrogen) atoms. The highest BCUT2D eigenvalue weighted by Crippen LogP contribution is 2.31. The molecule has 2 heterocycles. The fourth-order valence-electron chi connectivity index (χ4n) is 5.13. The summed E-state index contributed by atoms with van der Waals surface area (Å²) in [7, 11) is 1.88. The number of amides is 1. The molecule has 3 atom stereocenters. The van der Waals surface area contributed by atoms with E-state index in [0.29, 0.717) is 0 Å². The minimum Gasteiger partial charge on any atom is -0.476 e. The summed E-state index contributed by atoms with van der Waals surface area (Å²) in [6.45, 7) is 6.17. The standard InChI is InChI=1S/C30H31F2N3O5/c1-15(2)24(27(36)16(3)25-20(31)10-8-11-21(25)32)28(37)33-22(29-34-26(30(38)39)17(4)40-29)13-18-14-35(5)23-12-7-6-9-19(18)23/h6-12,14-16,22,24H,13H2,1-5H3,(H,33,37)(H,38,39)/t16?,22-,24+/m1/s1. The molecule has 0 radical (unpaired) electrons. The van der Waals surface area contributed by atoms with Crippen molar-refractivity contribution in [3.63, 3.8) is 0 Å². The summed E-state index contributed by atoms with van der Waals surface area (Å²) in [5.41, 5.74) is 1.11. The van der Waals surface area contributed by atoms with Crippen LogP contribution in [0.25, 0.3) is 10.9 Å². The van der Waals surface area contributed by atoms with E-state index in [4.69, 9.17) is 4.42 Å². The average Bonchev–Trinajstić information content (AvgIpc) is 3.43. The number of hydrogen-bond acceptors (Lipinski definition) is 5. The zero-order valence-electron chi connectivity index (χ0n) is 22.9. The van der Waals surface area contributed by atoms with Crippen LogP contribution in [0.3, 0.4) is 0 Å². The summed E-state index contributed by atoms with van der Waals surface area (Å²) >= 11 is 0. The Kier molecular flexibility index (Phi) is 8.18. The summed E-state index contributed by atoms with van der Waals surface area (Å²) < 4.78 is 36.6. The molecule has 2 aromatic carbocycles. The Balaban J connectivity index is 1.70. The average molecular weight is 552 g/mol. The molecule has 1 amide bonds. The van der Waals surface area contributed by atoms with Crippen molar-refractivity contribution in [2.75, 3.05) is 0 Å². The summed E-state index contributed by atoms with van der Waals surface area (Å²) in [4.78, 5) is 43.0. The van der Waals surface area contributed by atoms with E-state index >= 15 is 0 Å². The molecule has 0 spiro atoms. The molecular formula is C30H31F2N3O5. The first kappa shape index (κ1) is 28.7. The maximum atomic E-state index is 14.5. The maximum absolute atomic E-state index is 14.5. The highest BCUT2D eigenvalue weighted by Gasteiger charge is 2.37. The van der Waals surface area contributed by atoms with Crippen molar-refractivity contribution in [3.8, 4) is 0 Å². The van der Waals surface area contributed by atoms with E-state index in [-0.39, 0.29) is 23.8 Å². The van der Waals surface area contributed by atoms with Crippen molar-refractivity contribution in [1.29, 1.82) is 0 Å². The lowest BCUT2D eigenvalue weighted by atomic mass is 9.81. The second kappa shape index (κ2) is 11.4. The van der Waals surface area contributed by atoms with E-state index in [1.54, 1.807) is 13.8 Å². The lowest BCUT2D eigenvalue weighted by molar-refractivity contribution is -0.137. The number of ketones is 1. The monoisotopic (exact) mass is 551 g/mol. The highest BCUT2D eigenvalue weighted by molar-refractivity contribution is 6.04. The summed E-state index contributed by atoms with van der Waals surface area (Å²) in [5, 5.41) is 13.3. The van der Waals surface area contributed by atoms with Gasteiger partial charge in [0, 0.05) is 42.0 Å². The molecule has 10 heteroatoms. The van der Waals surface area contributed by atoms with Crippen LogP contribution in [-0.2, 0) is 23.1 Å². The van der Waals surface area contributed by atoms with Crippen molar-refractivity contribution in [1.82, 2.24) is 14.9 Å². The number of aromatic nitrogens is 2. The third kappa shape index (κ3) is 5.52. The highest BCUT2D eigenvalue weighted by atomic mass is 19.1. The van der Waals surface area contributed by atoms with E-state index in [0.717, 1.165) is 28.6 Å². The Hall–Kier alpha value is -4.34. The quantitative estimate of drug-likeness (QED) is 0.252. The fourth-order valence-corrected chi connectivity index (χ4v) is 5.13. The minimum absolute atomic E-state index is 0.0284. The Bertz CT molecular complexity index is 1570. The lowest BCUT2D eigenvalue weighted by Crippen LogP contribution is -2.42. The topological polar surface area (TPSA) is 114 Å². The zero-order chi connectivity index (χ0) is 29.3. The molecule has 0 bridgehead atoms. The van der Waals surface area contributed by atoms with Gasteiger partial charge in [0.2, 0.25) is 11.8 Å². The van der Waals surface area contributed by atoms with Crippen molar-refractivity contribution in [2.24, 2.45) is 18.9 Å². The van der Waals surface area contributed by atoms with Crippen molar-refractivity contribution in [2.45, 2.75) is 46.1 Å². The molecule has 2 N–H and O–H groups in total. The first-order valence-electron chi connectivity index (χ1n) is 12.9. The third-order valence-electron chi connectivity index (χ3n) is 7.15. The number of aryl methyl sites for hydroxylation is 2. The van der Waals surface area contributed by atoms with Gasteiger partial charge in [-0.1, -0.05) is 45.0 Å². The van der Waals surface area contributed by atoms with Crippen LogP contribution in [0.4, 0.5) is 8.78 Å². The Labute approximate surface area is 230 Å². The van der Waals surface area contributed by atoms with Crippen LogP contribution in [-0.4, -0.2) is 32.3 Å². The number of benzene rings is 2. The number of carboxylic acids is 1. The number of fused-ring (bicyclic) bond motifs is 1. The Morgan fingerprint density at radius 2 is 1.70 bits per heavy atom. The number of para-hydroxylation sites is 1. The SMILES string of the molecule is Cc1oc([C@@H](Cc2cn(C)c3ccccc23)NC(=O)[C@H](C(=O)C(C)c2c(F)cccc2F)C(C)C)nc1C(=O)O. The fraction of sp³-hybridized carbons (Fsp3) is 0.333. The van der Waals surface area contributed by atoms with Crippen LogP contribution in [0.2, 0.25) is 0 Å². The second-order valence-corrected chi connectivity index (χ2v) is 10.3. The van der Waals surface area contributed by atoms with Gasteiger partial charge in [-0.15, -0.1) is 0 Å². The zero-order valence-corrected chi connectivity index (χ0v) is 22.9. The van der Waals surface area contributed by atoms with Crippen LogP contribution >= 0.6 is 0 Å². The molecule has 4 aromatic rings. The van der Waals surface area contributed by atoms with Crippen LogP contribution < -0.4 is 5.32 Å². The van der Waals surface area contributed by atoms with Gasteiger partial charge in [-0.25, -0.2) is 18.6 Å². The van der Waals surface area contributed by atoms with Gasteiger partial charge in [-0.2, -0.15) is 0 Å². The molecule has 8 nitrogen and oxygen atoms in total. The molecule has 0 aliphatic carbocycles. The number of carbonyl (C=O) groups excluding carboxylic acids is 2. The molecule has 4 rings (SSSR count). The van der Waals surface area contributed by atoms with Crippen LogP contribution in [0.1, 0.15) is 66.0 Å². The van der Waals surface area contributed by atoms with E-state index in [1.165, 1.54) is 19.9 Å². The molecular weight excluding hydrogens is 520 g/mol. The number of nitrogens with one attached hydrogen (secondary N) is 1. The summed E-state index contributed by atoms with van der Waals surface area (Å²) in [6.07, 6.45) is 2.08. The van der Waals surface area contributed by atoms with Gasteiger partial charge < -0.3 is 19.4 Å². The number of carboxylic acid groups (broad SMARTS) is 1. The van der Waals surface area contributed by atoms with E-state index < -0.39 is 58.7 Å². The van der Waals surface area contributed by atoms with E-state index in [1.807, 2.05) is 42.1 Å². The van der Waals surface area contributed by atoms with Crippen molar-refractivity contribution < 1.29 is 32.7 Å². The molecule has 0 saturated carbocycles. The smallest absolute Gasteiger partial charge is 0.358 e. The van der Waals surface area contributed by atoms with Gasteiger partial charge in [0.15, 0.2) is 11.5 Å². The van der Waals surface area contributed by atoms with Gasteiger partial charge in [0.05, 0.1) is 5.92 Å². The maximum Gasteiger partial charge on any atom is 0.358 e. The van der Waals surface area contributed by atoms with Crippen LogP contribution in [0.15, 0.2) is 53.1 Å². The third-order valence-corrected chi connectivity index (χ3v) is 7.15.